The summed E-state index contributed by atoms with van der Waals surface area (Å²) in [6.45, 7) is 1.69. The highest BCUT2D eigenvalue weighted by Gasteiger charge is 2.44. The van der Waals surface area contributed by atoms with E-state index < -0.39 is 5.41 Å². The van der Waals surface area contributed by atoms with Gasteiger partial charge < -0.3 is 19.9 Å². The molecule has 2 heterocycles. The van der Waals surface area contributed by atoms with Gasteiger partial charge in [0, 0.05) is 20.2 Å². The maximum atomic E-state index is 13.9. The lowest BCUT2D eigenvalue weighted by atomic mass is 9.75. The molecule has 1 aliphatic heterocycles. The molecule has 3 rings (SSSR count). The largest absolute Gasteiger partial charge is 0.384 e. The number of carbonyl (C=O) groups is 1. The molecular weight excluding hydrogens is 327 g/mol. The Balaban J connectivity index is 1.59. The Morgan fingerprint density at radius 1 is 1.44 bits per heavy atom. The van der Waals surface area contributed by atoms with Crippen molar-refractivity contribution in [2.75, 3.05) is 26.8 Å². The Kier molecular flexibility index (Phi) is 5.40. The zero-order chi connectivity index (χ0) is 17.7. The van der Waals surface area contributed by atoms with Crippen LogP contribution in [0.4, 0.5) is 4.39 Å². The van der Waals surface area contributed by atoms with Crippen molar-refractivity contribution < 1.29 is 18.4 Å². The molecule has 1 amide bonds. The van der Waals surface area contributed by atoms with Crippen molar-refractivity contribution in [1.29, 1.82) is 0 Å². The van der Waals surface area contributed by atoms with Crippen LogP contribution in [0.5, 0.6) is 0 Å². The lowest BCUT2D eigenvalue weighted by Gasteiger charge is -2.41. The smallest absolute Gasteiger partial charge is 0.229 e. The van der Waals surface area contributed by atoms with Gasteiger partial charge in [0.15, 0.2) is 5.82 Å². The highest BCUT2D eigenvalue weighted by molar-refractivity contribution is 5.84. The van der Waals surface area contributed by atoms with Crippen LogP contribution in [0.2, 0.25) is 0 Å². The second kappa shape index (κ2) is 7.71. The molecule has 7 nitrogen and oxygen atoms in total. The highest BCUT2D eigenvalue weighted by Crippen LogP contribution is 2.29. The number of hydrogen-bond donors (Lipinski definition) is 2. The van der Waals surface area contributed by atoms with Gasteiger partial charge in [0.2, 0.25) is 11.8 Å². The Labute approximate surface area is 144 Å². The van der Waals surface area contributed by atoms with E-state index in [1.54, 1.807) is 25.3 Å². The number of nitrogens with zero attached hydrogens (tertiary/aromatic N) is 2. The minimum atomic E-state index is -0.648. The van der Waals surface area contributed by atoms with E-state index in [4.69, 9.17) is 9.26 Å². The van der Waals surface area contributed by atoms with Crippen molar-refractivity contribution in [3.05, 3.63) is 47.4 Å². The molecule has 0 saturated carbocycles. The lowest BCUT2D eigenvalue weighted by molar-refractivity contribution is -0.134. The molecule has 1 saturated heterocycles. The molecule has 0 unspecified atom stereocenters. The average molecular weight is 348 g/mol. The van der Waals surface area contributed by atoms with E-state index in [1.165, 1.54) is 6.07 Å². The van der Waals surface area contributed by atoms with Crippen LogP contribution in [0.25, 0.3) is 0 Å². The van der Waals surface area contributed by atoms with Crippen molar-refractivity contribution >= 4 is 5.91 Å². The first-order chi connectivity index (χ1) is 12.1. The molecule has 134 valence electrons. The molecule has 2 N–H and O–H groups in total. The van der Waals surface area contributed by atoms with Gasteiger partial charge in [-0.2, -0.15) is 4.98 Å². The van der Waals surface area contributed by atoms with Crippen molar-refractivity contribution in [2.45, 2.75) is 19.4 Å². The third-order valence-electron chi connectivity index (χ3n) is 4.33. The molecule has 0 bridgehead atoms. The van der Waals surface area contributed by atoms with Gasteiger partial charge in [-0.1, -0.05) is 23.4 Å². The Morgan fingerprint density at radius 3 is 2.92 bits per heavy atom. The Morgan fingerprint density at radius 2 is 2.24 bits per heavy atom. The van der Waals surface area contributed by atoms with Gasteiger partial charge in [-0.3, -0.25) is 4.79 Å². The fourth-order valence-corrected chi connectivity index (χ4v) is 2.80. The summed E-state index contributed by atoms with van der Waals surface area (Å²) in [7, 11) is 1.60. The third-order valence-corrected chi connectivity index (χ3v) is 4.33. The number of carbonyl (C=O) groups excluding carboxylic acids is 1. The summed E-state index contributed by atoms with van der Waals surface area (Å²) in [6.07, 6.45) is 0.877. The SMILES string of the molecule is COCCc1nc(CNC(=O)C2(Cc3ccccc3F)CNC2)no1. The number of ether oxygens (including phenoxy) is 1. The molecule has 2 aromatic rings. The summed E-state index contributed by atoms with van der Waals surface area (Å²) < 4.78 is 23.9. The van der Waals surface area contributed by atoms with Crippen LogP contribution >= 0.6 is 0 Å². The van der Waals surface area contributed by atoms with Gasteiger partial charge in [0.25, 0.3) is 0 Å². The molecule has 1 aromatic carbocycles. The molecule has 1 aromatic heterocycles. The molecular formula is C17H21FN4O3. The van der Waals surface area contributed by atoms with Crippen molar-refractivity contribution in [3.63, 3.8) is 0 Å². The van der Waals surface area contributed by atoms with Gasteiger partial charge in [-0.15, -0.1) is 0 Å². The molecule has 0 radical (unpaired) electrons. The zero-order valence-corrected chi connectivity index (χ0v) is 14.0. The second-order valence-electron chi connectivity index (χ2n) is 6.18. The summed E-state index contributed by atoms with van der Waals surface area (Å²) in [5.74, 6) is 0.450. The molecule has 0 spiro atoms. The Bertz CT molecular complexity index is 730. The third kappa shape index (κ3) is 4.02. The number of benzene rings is 1. The van der Waals surface area contributed by atoms with Crippen LogP contribution in [0.15, 0.2) is 28.8 Å². The van der Waals surface area contributed by atoms with Crippen molar-refractivity contribution in [1.82, 2.24) is 20.8 Å². The average Bonchev–Trinajstić information content (AvgIpc) is 3.03. The molecule has 25 heavy (non-hydrogen) atoms. The number of methoxy groups -OCH3 is 1. The van der Waals surface area contributed by atoms with E-state index in [0.717, 1.165) is 0 Å². The second-order valence-corrected chi connectivity index (χ2v) is 6.18. The fraction of sp³-hybridized carbons (Fsp3) is 0.471. The van der Waals surface area contributed by atoms with Crippen molar-refractivity contribution in [2.24, 2.45) is 5.41 Å². The van der Waals surface area contributed by atoms with E-state index in [9.17, 15) is 9.18 Å². The van der Waals surface area contributed by atoms with E-state index in [1.807, 2.05) is 0 Å². The van der Waals surface area contributed by atoms with Crippen LogP contribution in [0, 0.1) is 11.2 Å². The van der Waals surface area contributed by atoms with E-state index >= 15 is 0 Å². The molecule has 0 atom stereocenters. The number of hydrogen-bond acceptors (Lipinski definition) is 6. The number of rotatable bonds is 8. The standard InChI is InChI=1S/C17H21FN4O3/c1-24-7-6-15-21-14(22-25-15)9-20-16(23)17(10-19-11-17)8-12-4-2-3-5-13(12)18/h2-5,19H,6-11H2,1H3,(H,20,23). The van der Waals surface area contributed by atoms with Crippen molar-refractivity contribution in [3.8, 4) is 0 Å². The highest BCUT2D eigenvalue weighted by atomic mass is 19.1. The monoisotopic (exact) mass is 348 g/mol. The summed E-state index contributed by atoms with van der Waals surface area (Å²) in [5, 5.41) is 9.77. The summed E-state index contributed by atoms with van der Waals surface area (Å²) in [4.78, 5) is 16.8. The molecule has 8 heteroatoms. The molecule has 1 aliphatic rings. The van der Waals surface area contributed by atoms with E-state index in [0.29, 0.717) is 49.8 Å². The molecule has 1 fully saturated rings. The van der Waals surface area contributed by atoms with Gasteiger partial charge in [0.05, 0.1) is 25.0 Å². The van der Waals surface area contributed by atoms with Crippen LogP contribution in [-0.4, -0.2) is 42.9 Å². The first-order valence-electron chi connectivity index (χ1n) is 8.16. The van der Waals surface area contributed by atoms with Gasteiger partial charge in [-0.25, -0.2) is 4.39 Å². The summed E-state index contributed by atoms with van der Waals surface area (Å²) in [6, 6.07) is 6.54. The Hall–Kier alpha value is -2.32. The normalized spacial score (nSPS) is 15.6. The minimum absolute atomic E-state index is 0.141. The quantitative estimate of drug-likeness (QED) is 0.735. The number of amides is 1. The van der Waals surface area contributed by atoms with Crippen LogP contribution in [-0.2, 0) is 28.9 Å². The molecule has 0 aliphatic carbocycles. The van der Waals surface area contributed by atoms with Gasteiger partial charge in [0.1, 0.15) is 5.82 Å². The summed E-state index contributed by atoms with van der Waals surface area (Å²) >= 11 is 0. The summed E-state index contributed by atoms with van der Waals surface area (Å²) in [5.41, 5.74) is -0.106. The fourth-order valence-electron chi connectivity index (χ4n) is 2.80. The van der Waals surface area contributed by atoms with E-state index in [-0.39, 0.29) is 18.3 Å². The van der Waals surface area contributed by atoms with E-state index in [2.05, 4.69) is 20.8 Å². The minimum Gasteiger partial charge on any atom is -0.384 e. The number of nitrogens with one attached hydrogen (secondary N) is 2. The van der Waals surface area contributed by atoms with Gasteiger partial charge in [-0.05, 0) is 18.1 Å². The first kappa shape index (κ1) is 17.5. The van der Waals surface area contributed by atoms with Crippen LogP contribution in [0.3, 0.4) is 0 Å². The zero-order valence-electron chi connectivity index (χ0n) is 14.0. The topological polar surface area (TPSA) is 89.3 Å². The number of halogens is 1. The first-order valence-corrected chi connectivity index (χ1v) is 8.16. The maximum absolute atomic E-state index is 13.9. The van der Waals surface area contributed by atoms with Crippen LogP contribution < -0.4 is 10.6 Å². The van der Waals surface area contributed by atoms with Crippen LogP contribution in [0.1, 0.15) is 17.3 Å². The lowest BCUT2D eigenvalue weighted by Crippen LogP contribution is -2.62. The van der Waals surface area contributed by atoms with Gasteiger partial charge >= 0.3 is 0 Å². The maximum Gasteiger partial charge on any atom is 0.229 e. The number of aromatic nitrogens is 2. The predicted molar refractivity (Wildman–Crippen MR) is 87.1 cm³/mol. The predicted octanol–water partition coefficient (Wildman–Crippen LogP) is 0.846.